The number of nitrogens with zero attached hydrogens (tertiary/aromatic N) is 1. The van der Waals surface area contributed by atoms with Crippen LogP contribution in [0.1, 0.15) is 5.56 Å². The fourth-order valence-corrected chi connectivity index (χ4v) is 1.24. The largest absolute Gasteiger partial charge is 0.253 e. The summed E-state index contributed by atoms with van der Waals surface area (Å²) in [4.78, 5) is 4.08. The van der Waals surface area contributed by atoms with Gasteiger partial charge >= 0.3 is 0 Å². The molecule has 74 valence electrons. The van der Waals surface area contributed by atoms with E-state index in [1.54, 1.807) is 24.4 Å². The molecule has 2 aromatic rings. The van der Waals surface area contributed by atoms with Gasteiger partial charge in [0.2, 0.25) is 0 Å². The van der Waals surface area contributed by atoms with Crippen LogP contribution in [0.3, 0.4) is 0 Å². The van der Waals surface area contributed by atoms with E-state index in [0.29, 0.717) is 5.69 Å². The zero-order valence-corrected chi connectivity index (χ0v) is 8.10. The maximum atomic E-state index is 13.2. The van der Waals surface area contributed by atoms with E-state index in [9.17, 15) is 4.39 Å². The zero-order chi connectivity index (χ0) is 10.5. The molecule has 0 radical (unpaired) electrons. The van der Waals surface area contributed by atoms with Gasteiger partial charge in [0.25, 0.3) is 0 Å². The third-order valence-electron chi connectivity index (χ3n) is 2.00. The minimum absolute atomic E-state index is 0.301. The Labute approximate surface area is 87.9 Å². The van der Waals surface area contributed by atoms with Gasteiger partial charge in [0, 0.05) is 6.21 Å². The van der Waals surface area contributed by atoms with Crippen LogP contribution in [0, 0.1) is 5.82 Å². The summed E-state index contributed by atoms with van der Waals surface area (Å²) in [6.45, 7) is 0. The van der Waals surface area contributed by atoms with Gasteiger partial charge in [0.1, 0.15) is 5.82 Å². The van der Waals surface area contributed by atoms with Gasteiger partial charge in [0.05, 0.1) is 5.69 Å². The molecule has 0 unspecified atom stereocenters. The molecule has 2 rings (SSSR count). The third kappa shape index (κ3) is 2.50. The normalized spacial score (nSPS) is 10.7. The van der Waals surface area contributed by atoms with Crippen molar-refractivity contribution in [2.75, 3.05) is 0 Å². The Morgan fingerprint density at radius 1 is 0.867 bits per heavy atom. The Kier molecular flexibility index (Phi) is 2.88. The molecular formula is C13H10FN. The Morgan fingerprint density at radius 3 is 2.27 bits per heavy atom. The Balaban J connectivity index is 2.23. The van der Waals surface area contributed by atoms with Crippen molar-refractivity contribution in [1.29, 1.82) is 0 Å². The summed E-state index contributed by atoms with van der Waals surface area (Å²) >= 11 is 0. The van der Waals surface area contributed by atoms with Crippen LogP contribution in [0.5, 0.6) is 0 Å². The highest BCUT2D eigenvalue weighted by molar-refractivity contribution is 5.81. The first-order valence-corrected chi connectivity index (χ1v) is 4.70. The lowest BCUT2D eigenvalue weighted by Gasteiger charge is -1.95. The molecule has 0 bridgehead atoms. The summed E-state index contributed by atoms with van der Waals surface area (Å²) in [5.74, 6) is -0.301. The molecule has 0 aliphatic heterocycles. The first-order chi connectivity index (χ1) is 7.36. The quantitative estimate of drug-likeness (QED) is 0.655. The topological polar surface area (TPSA) is 12.4 Å². The van der Waals surface area contributed by atoms with Crippen molar-refractivity contribution in [3.63, 3.8) is 0 Å². The Hall–Kier alpha value is -1.96. The zero-order valence-electron chi connectivity index (χ0n) is 8.10. The van der Waals surface area contributed by atoms with Crippen molar-refractivity contribution >= 4 is 11.9 Å². The van der Waals surface area contributed by atoms with Crippen LogP contribution in [-0.4, -0.2) is 6.21 Å². The number of hydrogen-bond acceptors (Lipinski definition) is 1. The van der Waals surface area contributed by atoms with Crippen LogP contribution >= 0.6 is 0 Å². The van der Waals surface area contributed by atoms with Crippen molar-refractivity contribution in [3.8, 4) is 0 Å². The van der Waals surface area contributed by atoms with Gasteiger partial charge in [-0.25, -0.2) is 4.39 Å². The number of hydrogen-bond donors (Lipinski definition) is 0. The van der Waals surface area contributed by atoms with E-state index in [1.165, 1.54) is 6.07 Å². The molecule has 0 N–H and O–H groups in total. The predicted molar refractivity (Wildman–Crippen MR) is 60.1 cm³/mol. The molecule has 0 heterocycles. The minimum atomic E-state index is -0.301. The average molecular weight is 199 g/mol. The Bertz CT molecular complexity index is 463. The van der Waals surface area contributed by atoms with Crippen molar-refractivity contribution in [2.24, 2.45) is 4.99 Å². The lowest BCUT2D eigenvalue weighted by molar-refractivity contribution is 0.630. The SMILES string of the molecule is Fc1ccccc1N=Cc1ccccc1. The molecule has 0 atom stereocenters. The average Bonchev–Trinajstić information content (AvgIpc) is 2.29. The van der Waals surface area contributed by atoms with E-state index < -0.39 is 0 Å². The van der Waals surface area contributed by atoms with Crippen molar-refractivity contribution in [3.05, 3.63) is 66.0 Å². The highest BCUT2D eigenvalue weighted by Gasteiger charge is 1.95. The summed E-state index contributed by atoms with van der Waals surface area (Å²) in [5, 5.41) is 0. The molecule has 0 aliphatic rings. The summed E-state index contributed by atoms with van der Waals surface area (Å²) in [6, 6.07) is 16.1. The van der Waals surface area contributed by atoms with E-state index in [1.807, 2.05) is 30.3 Å². The smallest absolute Gasteiger partial charge is 0.148 e. The second-order valence-electron chi connectivity index (χ2n) is 3.12. The third-order valence-corrected chi connectivity index (χ3v) is 2.00. The van der Waals surface area contributed by atoms with Crippen LogP contribution in [0.15, 0.2) is 59.6 Å². The van der Waals surface area contributed by atoms with Gasteiger partial charge in [0.15, 0.2) is 0 Å². The molecule has 1 nitrogen and oxygen atoms in total. The van der Waals surface area contributed by atoms with Gasteiger partial charge in [-0.2, -0.15) is 0 Å². The number of rotatable bonds is 2. The van der Waals surface area contributed by atoms with E-state index in [-0.39, 0.29) is 5.82 Å². The predicted octanol–water partition coefficient (Wildman–Crippen LogP) is 3.58. The number of halogens is 1. The van der Waals surface area contributed by atoms with Crippen LogP contribution in [0.4, 0.5) is 10.1 Å². The molecule has 0 saturated carbocycles. The second kappa shape index (κ2) is 4.51. The standard InChI is InChI=1S/C13H10FN/c14-12-8-4-5-9-13(12)15-10-11-6-2-1-3-7-11/h1-10H. The van der Waals surface area contributed by atoms with Crippen molar-refractivity contribution in [1.82, 2.24) is 0 Å². The molecule has 0 fully saturated rings. The van der Waals surface area contributed by atoms with Crippen molar-refractivity contribution in [2.45, 2.75) is 0 Å². The molecule has 0 saturated heterocycles. The fraction of sp³-hybridized carbons (Fsp3) is 0. The lowest BCUT2D eigenvalue weighted by atomic mass is 10.2. The van der Waals surface area contributed by atoms with Gasteiger partial charge in [-0.3, -0.25) is 4.99 Å². The molecule has 2 aromatic carbocycles. The van der Waals surface area contributed by atoms with E-state index in [4.69, 9.17) is 0 Å². The maximum absolute atomic E-state index is 13.2. The van der Waals surface area contributed by atoms with Gasteiger partial charge in [-0.15, -0.1) is 0 Å². The van der Waals surface area contributed by atoms with Crippen LogP contribution in [0.2, 0.25) is 0 Å². The van der Waals surface area contributed by atoms with E-state index >= 15 is 0 Å². The van der Waals surface area contributed by atoms with Gasteiger partial charge in [-0.1, -0.05) is 42.5 Å². The molecular weight excluding hydrogens is 189 g/mol. The fourth-order valence-electron chi connectivity index (χ4n) is 1.24. The molecule has 0 amide bonds. The summed E-state index contributed by atoms with van der Waals surface area (Å²) < 4.78 is 13.2. The molecule has 2 heteroatoms. The van der Waals surface area contributed by atoms with Gasteiger partial charge in [-0.05, 0) is 17.7 Å². The van der Waals surface area contributed by atoms with E-state index in [0.717, 1.165) is 5.56 Å². The summed E-state index contributed by atoms with van der Waals surface area (Å²) in [5.41, 5.74) is 1.32. The number of para-hydroxylation sites is 1. The van der Waals surface area contributed by atoms with Crippen molar-refractivity contribution < 1.29 is 4.39 Å². The highest BCUT2D eigenvalue weighted by Crippen LogP contribution is 2.15. The minimum Gasteiger partial charge on any atom is -0.253 e. The number of benzene rings is 2. The lowest BCUT2D eigenvalue weighted by Crippen LogP contribution is -1.79. The van der Waals surface area contributed by atoms with Crippen LogP contribution < -0.4 is 0 Å². The summed E-state index contributed by atoms with van der Waals surface area (Å²) in [7, 11) is 0. The van der Waals surface area contributed by atoms with Crippen LogP contribution in [0.25, 0.3) is 0 Å². The first kappa shape index (κ1) is 9.59. The monoisotopic (exact) mass is 199 g/mol. The molecule has 15 heavy (non-hydrogen) atoms. The van der Waals surface area contributed by atoms with E-state index in [2.05, 4.69) is 4.99 Å². The van der Waals surface area contributed by atoms with Crippen LogP contribution in [-0.2, 0) is 0 Å². The number of aliphatic imine (C=N–C) groups is 1. The molecule has 0 aliphatic carbocycles. The summed E-state index contributed by atoms with van der Waals surface area (Å²) in [6.07, 6.45) is 1.65. The molecule has 0 aromatic heterocycles. The first-order valence-electron chi connectivity index (χ1n) is 4.70. The molecule has 0 spiro atoms. The highest BCUT2D eigenvalue weighted by atomic mass is 19.1. The Morgan fingerprint density at radius 2 is 1.53 bits per heavy atom. The second-order valence-corrected chi connectivity index (χ2v) is 3.12. The van der Waals surface area contributed by atoms with Gasteiger partial charge < -0.3 is 0 Å². The maximum Gasteiger partial charge on any atom is 0.148 e.